The molecule has 7 N–H and O–H groups in total. The molecule has 262 valence electrons. The Labute approximate surface area is 272 Å². The zero-order valence-electron chi connectivity index (χ0n) is 25.7. The molecule has 5 rings (SSSR count). The number of carbonyl (C=O) groups is 1. The second kappa shape index (κ2) is 14.4. The predicted octanol–water partition coefficient (Wildman–Crippen LogP) is 0.988. The summed E-state index contributed by atoms with van der Waals surface area (Å²) in [7, 11) is 0. The smallest absolute Gasteiger partial charge is 0.419 e. The van der Waals surface area contributed by atoms with Gasteiger partial charge in [-0.25, -0.2) is 0 Å². The summed E-state index contributed by atoms with van der Waals surface area (Å²) in [4.78, 5) is 12.9. The van der Waals surface area contributed by atoms with Gasteiger partial charge in [-0.05, 0) is 61.4 Å². The summed E-state index contributed by atoms with van der Waals surface area (Å²) in [5, 5.41) is 65.5. The first-order valence-electron chi connectivity index (χ1n) is 14.9. The number of phenolic OH excluding ortho intramolecular Hbond substituents is 1. The van der Waals surface area contributed by atoms with Crippen molar-refractivity contribution in [3.8, 4) is 17.2 Å². The normalized spacial score (nSPS) is 32.5. The number of ether oxygens (including phenoxy) is 5. The molecule has 2 saturated heterocycles. The highest BCUT2D eigenvalue weighted by Crippen LogP contribution is 2.37. The van der Waals surface area contributed by atoms with Crippen molar-refractivity contribution in [1.29, 1.82) is 0 Å². The summed E-state index contributed by atoms with van der Waals surface area (Å²) in [5.74, 6) is -1.58. The summed E-state index contributed by atoms with van der Waals surface area (Å²) < 4.78 is 66.7. The first-order chi connectivity index (χ1) is 22.7. The number of aliphatic hydroxyl groups excluding tert-OH is 5. The van der Waals surface area contributed by atoms with E-state index in [1.165, 1.54) is 62.4 Å². The van der Waals surface area contributed by atoms with Gasteiger partial charge in [0.25, 0.3) is 0 Å². The Morgan fingerprint density at radius 2 is 1.62 bits per heavy atom. The molecule has 0 bridgehead atoms. The maximum Gasteiger partial charge on any atom is 0.419 e. The van der Waals surface area contributed by atoms with Crippen molar-refractivity contribution in [2.45, 2.75) is 81.2 Å². The van der Waals surface area contributed by atoms with Gasteiger partial charge in [-0.15, -0.1) is 0 Å². The third-order valence-electron chi connectivity index (χ3n) is 8.37. The fraction of sp³-hybridized carbons (Fsp3) is 0.469. The first kappa shape index (κ1) is 35.6. The van der Waals surface area contributed by atoms with Crippen LogP contribution in [0.4, 0.5) is 13.2 Å². The predicted molar refractivity (Wildman–Crippen MR) is 158 cm³/mol. The lowest BCUT2D eigenvalue weighted by Crippen LogP contribution is -2.67. The Bertz CT molecular complexity index is 1530. The standard InChI is InChI=1S/C32H36F3NO12/c1-14(9-10-44-19-6-4-3-5-17(19)32(33,34)35)27-25(41)26(42)31(48-27)47-20-8-7-16(12-18(20)37)11-15(2)30(43)36-21-22(38)24(40)29-28(23(21)39)45-13-46-29/h3-9,11-12,21-29,31,37-42H,10,13H2,1-2H3,(H,36,43)/t21-,22+,23-,24-,25+,26+,27-,28+,29-,31-/m1/s1. The number of rotatable bonds is 9. The molecular weight excluding hydrogens is 647 g/mol. The molecule has 1 aliphatic carbocycles. The Balaban J connectivity index is 1.18. The molecule has 3 fully saturated rings. The molecule has 13 nitrogen and oxygen atoms in total. The maximum atomic E-state index is 13.2. The van der Waals surface area contributed by atoms with Crippen LogP contribution in [0, 0.1) is 0 Å². The van der Waals surface area contributed by atoms with Crippen molar-refractivity contribution in [3.05, 3.63) is 70.8 Å². The quantitative estimate of drug-likeness (QED) is 0.147. The summed E-state index contributed by atoms with van der Waals surface area (Å²) in [6, 6.07) is 7.53. The molecule has 1 saturated carbocycles. The third-order valence-corrected chi connectivity index (χ3v) is 8.37. The van der Waals surface area contributed by atoms with Crippen LogP contribution in [0.2, 0.25) is 0 Å². The van der Waals surface area contributed by atoms with E-state index in [0.29, 0.717) is 11.1 Å². The molecule has 16 heteroatoms. The Hall–Kier alpha value is -3.74. The molecule has 0 radical (unpaired) electrons. The van der Waals surface area contributed by atoms with Crippen molar-refractivity contribution in [1.82, 2.24) is 5.32 Å². The van der Waals surface area contributed by atoms with Crippen molar-refractivity contribution in [3.63, 3.8) is 0 Å². The Kier molecular flexibility index (Phi) is 10.7. The van der Waals surface area contributed by atoms with Crippen LogP contribution in [0.25, 0.3) is 6.08 Å². The van der Waals surface area contributed by atoms with Crippen LogP contribution in [-0.2, 0) is 25.2 Å². The average molecular weight is 684 g/mol. The van der Waals surface area contributed by atoms with Crippen molar-refractivity contribution in [2.24, 2.45) is 0 Å². The maximum absolute atomic E-state index is 13.2. The van der Waals surface area contributed by atoms with E-state index < -0.39 is 84.6 Å². The molecule has 1 amide bonds. The van der Waals surface area contributed by atoms with Crippen LogP contribution in [-0.4, -0.2) is 111 Å². The molecule has 2 heterocycles. The van der Waals surface area contributed by atoms with E-state index in [9.17, 15) is 48.6 Å². The molecule has 2 aromatic rings. The lowest BCUT2D eigenvalue weighted by molar-refractivity contribution is -0.155. The van der Waals surface area contributed by atoms with E-state index in [1.54, 1.807) is 0 Å². The number of alkyl halides is 3. The topological polar surface area (TPSA) is 197 Å². The largest absolute Gasteiger partial charge is 0.504 e. The summed E-state index contributed by atoms with van der Waals surface area (Å²) in [6.07, 6.45) is -13.5. The van der Waals surface area contributed by atoms with Crippen LogP contribution >= 0.6 is 0 Å². The molecule has 2 aromatic carbocycles. The number of aromatic hydroxyl groups is 1. The molecule has 48 heavy (non-hydrogen) atoms. The third kappa shape index (κ3) is 7.45. The fourth-order valence-electron chi connectivity index (χ4n) is 5.71. The number of hydrogen-bond acceptors (Lipinski definition) is 12. The second-order valence-electron chi connectivity index (χ2n) is 11.7. The van der Waals surface area contributed by atoms with E-state index in [1.807, 2.05) is 0 Å². The van der Waals surface area contributed by atoms with Crippen LogP contribution in [0.3, 0.4) is 0 Å². The second-order valence-corrected chi connectivity index (χ2v) is 11.7. The lowest BCUT2D eigenvalue weighted by Gasteiger charge is -2.41. The summed E-state index contributed by atoms with van der Waals surface area (Å²) in [6.45, 7) is 2.52. The fourth-order valence-corrected chi connectivity index (χ4v) is 5.71. The van der Waals surface area contributed by atoms with E-state index in [2.05, 4.69) is 5.32 Å². The molecule has 2 aliphatic heterocycles. The minimum atomic E-state index is -4.61. The molecule has 3 aliphatic rings. The van der Waals surface area contributed by atoms with Gasteiger partial charge in [0.05, 0.1) is 11.6 Å². The molecule has 0 unspecified atom stereocenters. The number of para-hydroxylation sites is 1. The minimum absolute atomic E-state index is 0.122. The Morgan fingerprint density at radius 1 is 0.938 bits per heavy atom. The van der Waals surface area contributed by atoms with Crippen molar-refractivity contribution in [2.75, 3.05) is 13.4 Å². The van der Waals surface area contributed by atoms with Gasteiger partial charge < -0.3 is 59.6 Å². The van der Waals surface area contributed by atoms with Crippen molar-refractivity contribution < 1.29 is 72.3 Å². The van der Waals surface area contributed by atoms with E-state index in [-0.39, 0.29) is 30.5 Å². The van der Waals surface area contributed by atoms with Gasteiger partial charge in [0.1, 0.15) is 68.0 Å². The zero-order chi connectivity index (χ0) is 34.9. The number of halogens is 3. The van der Waals surface area contributed by atoms with E-state index >= 15 is 0 Å². The van der Waals surface area contributed by atoms with Gasteiger partial charge in [-0.2, -0.15) is 13.2 Å². The number of benzene rings is 2. The summed E-state index contributed by atoms with van der Waals surface area (Å²) in [5.41, 5.74) is -0.120. The zero-order valence-corrected chi connectivity index (χ0v) is 25.7. The number of carbonyl (C=O) groups excluding carboxylic acids is 1. The molecule has 10 atom stereocenters. The number of amides is 1. The average Bonchev–Trinajstić information content (AvgIpc) is 3.64. The van der Waals surface area contributed by atoms with Gasteiger partial charge in [0.15, 0.2) is 11.5 Å². The number of hydrogen-bond donors (Lipinski definition) is 7. The molecule has 0 spiro atoms. The van der Waals surface area contributed by atoms with Gasteiger partial charge in [0.2, 0.25) is 12.2 Å². The highest BCUT2D eigenvalue weighted by molar-refractivity contribution is 5.97. The summed E-state index contributed by atoms with van der Waals surface area (Å²) >= 11 is 0. The van der Waals surface area contributed by atoms with Crippen molar-refractivity contribution >= 4 is 12.0 Å². The van der Waals surface area contributed by atoms with Gasteiger partial charge in [-0.1, -0.05) is 18.2 Å². The SMILES string of the molecule is CC(=Cc1ccc(O[C@@H]2O[C@H](C(C)=CCOc3ccccc3C(F)(F)F)[C@@H](O)[C@@H]2O)c(O)c1)C(=O)N[C@@H]1[C@H](O)[C@@H](O)[C@H]2OCO[C@H]2[C@@H]1O. The van der Waals surface area contributed by atoms with Gasteiger partial charge in [-0.3, -0.25) is 4.79 Å². The van der Waals surface area contributed by atoms with Crippen LogP contribution in [0.5, 0.6) is 17.2 Å². The van der Waals surface area contributed by atoms with Gasteiger partial charge >= 0.3 is 6.18 Å². The van der Waals surface area contributed by atoms with E-state index in [4.69, 9.17) is 23.7 Å². The highest BCUT2D eigenvalue weighted by Gasteiger charge is 2.53. The van der Waals surface area contributed by atoms with Gasteiger partial charge in [0, 0.05) is 5.57 Å². The highest BCUT2D eigenvalue weighted by atomic mass is 19.4. The Morgan fingerprint density at radius 3 is 2.31 bits per heavy atom. The van der Waals surface area contributed by atoms with Crippen LogP contribution in [0.15, 0.2) is 59.7 Å². The van der Waals surface area contributed by atoms with Crippen LogP contribution < -0.4 is 14.8 Å². The monoisotopic (exact) mass is 683 g/mol. The minimum Gasteiger partial charge on any atom is -0.504 e. The number of fused-ring (bicyclic) bond motifs is 1. The number of phenols is 1. The van der Waals surface area contributed by atoms with Crippen LogP contribution in [0.1, 0.15) is 25.0 Å². The molecule has 0 aromatic heterocycles. The lowest BCUT2D eigenvalue weighted by atomic mass is 9.83. The number of nitrogens with one attached hydrogen (secondary N) is 1. The first-order valence-corrected chi connectivity index (χ1v) is 14.9. The van der Waals surface area contributed by atoms with E-state index in [0.717, 1.165) is 6.07 Å². The molecular formula is C32H36F3NO12. The number of aliphatic hydroxyl groups is 5.